The van der Waals surface area contributed by atoms with Crippen LogP contribution in [0.3, 0.4) is 0 Å². The number of allylic oxidation sites excluding steroid dienone is 7. The predicted octanol–water partition coefficient (Wildman–Crippen LogP) is 5.57. The number of ether oxygens (including phenoxy) is 5. The Morgan fingerprint density at radius 3 is 2.40 bits per heavy atom. The van der Waals surface area contributed by atoms with Crippen LogP contribution >= 0.6 is 0 Å². The quantitative estimate of drug-likeness (QED) is 0.0306. The number of amides is 1. The molecule has 0 aromatic rings. The summed E-state index contributed by atoms with van der Waals surface area (Å²) in [6.45, 7) is 11.7. The molecule has 1 amide bonds. The van der Waals surface area contributed by atoms with Crippen LogP contribution in [0.5, 0.6) is 0 Å². The van der Waals surface area contributed by atoms with Gasteiger partial charge in [0.2, 0.25) is 5.79 Å². The molecule has 3 saturated heterocycles. The van der Waals surface area contributed by atoms with Crippen molar-refractivity contribution in [1.29, 1.82) is 0 Å². The number of esters is 1. The van der Waals surface area contributed by atoms with Crippen LogP contribution in [0.1, 0.15) is 119 Å². The standard InChI is InChI=1S/C52H82N2O13/c1-10-16-32(4)42(56)29-43-40(26-36-21-23-41(55)44(27-36)64-8)39-19-15-24-54(45(39)51(61)66-43)50(60)48(58)52(62)34(6)20-22-38(67-52)28-37(30-63-7)31(3)17-13-12-14-18-35(11-2)25-33(5)46(57)47(65-9)49(53)59/h10,12-14,16-18,32-41,43-45,47,49,55,59,62H,11,15,19-30,53H2,1-9H3/b13-12+,16-10-,18-14+,31-17+/t32-,33-,34-,35-,36+,37-,38+,39?,40+,41-,43+,44-,45+,47+,49+,52-/m1/s1. The number of likely N-dealkylation sites (tertiary alicyclic amines) is 1. The Hall–Kier alpha value is -3.41. The minimum absolute atomic E-state index is 0.0304. The molecule has 16 atom stereocenters. The van der Waals surface area contributed by atoms with Crippen molar-refractivity contribution < 1.29 is 63.0 Å². The van der Waals surface area contributed by atoms with E-state index >= 15 is 0 Å². The third-order valence-corrected chi connectivity index (χ3v) is 15.1. The maximum Gasteiger partial charge on any atom is 0.329 e. The lowest BCUT2D eigenvalue weighted by molar-refractivity contribution is -0.265. The number of carbonyl (C=O) groups is 5. The molecule has 1 unspecified atom stereocenters. The van der Waals surface area contributed by atoms with Gasteiger partial charge in [0.05, 0.1) is 24.9 Å². The predicted molar refractivity (Wildman–Crippen MR) is 253 cm³/mol. The highest BCUT2D eigenvalue weighted by Gasteiger charge is 2.57. The van der Waals surface area contributed by atoms with Crippen molar-refractivity contribution in [3.05, 3.63) is 48.1 Å². The smallest absolute Gasteiger partial charge is 0.329 e. The van der Waals surface area contributed by atoms with Gasteiger partial charge in [-0.3, -0.25) is 19.2 Å². The molecule has 5 N–H and O–H groups in total. The van der Waals surface area contributed by atoms with E-state index in [-0.39, 0.29) is 72.1 Å². The fourth-order valence-corrected chi connectivity index (χ4v) is 10.9. The highest BCUT2D eigenvalue weighted by molar-refractivity contribution is 6.39. The van der Waals surface area contributed by atoms with Crippen LogP contribution in [0, 0.1) is 47.3 Å². The van der Waals surface area contributed by atoms with E-state index in [4.69, 9.17) is 29.4 Å². The molecule has 0 aromatic heterocycles. The van der Waals surface area contributed by atoms with Crippen molar-refractivity contribution in [2.75, 3.05) is 34.5 Å². The number of fused-ring (bicyclic) bond motifs is 1. The molecular weight excluding hydrogens is 861 g/mol. The summed E-state index contributed by atoms with van der Waals surface area (Å²) in [5.74, 6) is -7.46. The number of nitrogens with two attached hydrogens (primary N) is 1. The monoisotopic (exact) mass is 943 g/mol. The van der Waals surface area contributed by atoms with Gasteiger partial charge in [-0.1, -0.05) is 75.8 Å². The summed E-state index contributed by atoms with van der Waals surface area (Å²) in [6, 6.07) is -1.07. The number of hydrogen-bond donors (Lipinski definition) is 4. The Balaban J connectivity index is 1.47. The molecule has 4 rings (SSSR count). The van der Waals surface area contributed by atoms with E-state index in [1.807, 2.05) is 77.2 Å². The third kappa shape index (κ3) is 14.6. The van der Waals surface area contributed by atoms with Gasteiger partial charge in [-0.15, -0.1) is 0 Å². The van der Waals surface area contributed by atoms with Crippen LogP contribution < -0.4 is 5.73 Å². The molecule has 67 heavy (non-hydrogen) atoms. The molecule has 3 heterocycles. The number of methoxy groups -OCH3 is 3. The number of cyclic esters (lactones) is 1. The number of aliphatic hydroxyl groups excluding tert-OH is 2. The van der Waals surface area contributed by atoms with Gasteiger partial charge in [0.1, 0.15) is 24.2 Å². The van der Waals surface area contributed by atoms with E-state index < -0.39 is 66.1 Å². The van der Waals surface area contributed by atoms with Crippen molar-refractivity contribution >= 4 is 29.2 Å². The summed E-state index contributed by atoms with van der Waals surface area (Å²) < 4.78 is 28.7. The lowest BCUT2D eigenvalue weighted by Crippen LogP contribution is -2.65. The number of aliphatic hydroxyl groups is 3. The number of rotatable bonds is 24. The Morgan fingerprint density at radius 1 is 1.03 bits per heavy atom. The average molecular weight is 943 g/mol. The lowest BCUT2D eigenvalue weighted by Gasteiger charge is -2.50. The first-order valence-electron chi connectivity index (χ1n) is 24.7. The van der Waals surface area contributed by atoms with Gasteiger partial charge in [0, 0.05) is 63.9 Å². The first-order valence-corrected chi connectivity index (χ1v) is 24.7. The summed E-state index contributed by atoms with van der Waals surface area (Å²) >= 11 is 0. The normalized spacial score (nSPS) is 32.4. The maximum absolute atomic E-state index is 14.4. The molecule has 378 valence electrons. The largest absolute Gasteiger partial charge is 0.460 e. The van der Waals surface area contributed by atoms with Crippen LogP contribution in [0.4, 0.5) is 0 Å². The lowest BCUT2D eigenvalue weighted by atomic mass is 9.68. The SMILES string of the molecule is C/C=C\[C@@H](C)C(=O)C[C@@H]1OC(=O)[C@@H]2C(CCCN2C(=O)C(=O)[C@]2(O)O[C@H](C[C@H](COC)/C(C)=C/C=C/C=C/[C@@H](CC)C[C@@H](C)C(=O)[C@H](OC)[C@@H](N)O)CC[C@H]2C)[C@@H]1C[C@@H]1CC[C@@H](O)[C@H](OC)C1. The highest BCUT2D eigenvalue weighted by Crippen LogP contribution is 2.45. The van der Waals surface area contributed by atoms with E-state index in [2.05, 4.69) is 0 Å². The van der Waals surface area contributed by atoms with Gasteiger partial charge in [-0.2, -0.15) is 0 Å². The summed E-state index contributed by atoms with van der Waals surface area (Å²) in [4.78, 5) is 70.3. The average Bonchev–Trinajstić information content (AvgIpc) is 3.30. The van der Waals surface area contributed by atoms with Crippen molar-refractivity contribution in [2.24, 2.45) is 53.1 Å². The maximum atomic E-state index is 14.4. The van der Waals surface area contributed by atoms with Gasteiger partial charge in [0.15, 0.2) is 11.9 Å². The first kappa shape index (κ1) is 56.2. The minimum atomic E-state index is -2.42. The molecule has 0 aromatic carbocycles. The van der Waals surface area contributed by atoms with Crippen molar-refractivity contribution in [1.82, 2.24) is 4.90 Å². The fourth-order valence-electron chi connectivity index (χ4n) is 10.9. The number of carbonyl (C=O) groups excluding carboxylic acids is 5. The van der Waals surface area contributed by atoms with Crippen LogP contribution in [0.25, 0.3) is 0 Å². The zero-order valence-corrected chi connectivity index (χ0v) is 41.5. The summed E-state index contributed by atoms with van der Waals surface area (Å²) in [5, 5.41) is 32.4. The second-order valence-electron chi connectivity index (χ2n) is 19.8. The molecule has 0 radical (unpaired) electrons. The van der Waals surface area contributed by atoms with Crippen molar-refractivity contribution in [3.63, 3.8) is 0 Å². The Morgan fingerprint density at radius 2 is 1.76 bits per heavy atom. The first-order chi connectivity index (χ1) is 31.8. The summed E-state index contributed by atoms with van der Waals surface area (Å²) in [5.41, 5.74) is 6.51. The van der Waals surface area contributed by atoms with Crippen LogP contribution in [0.2, 0.25) is 0 Å². The molecule has 15 heteroatoms. The van der Waals surface area contributed by atoms with Crippen LogP contribution in [0.15, 0.2) is 48.1 Å². The molecule has 0 spiro atoms. The molecule has 3 aliphatic heterocycles. The van der Waals surface area contributed by atoms with Crippen LogP contribution in [-0.4, -0.2) is 133 Å². The molecule has 0 bridgehead atoms. The minimum Gasteiger partial charge on any atom is -0.460 e. The zero-order chi connectivity index (χ0) is 49.6. The second-order valence-corrected chi connectivity index (χ2v) is 19.8. The van der Waals surface area contributed by atoms with E-state index in [1.165, 1.54) is 12.0 Å². The molecular formula is C52H82N2O13. The van der Waals surface area contributed by atoms with Crippen molar-refractivity contribution in [2.45, 2.75) is 167 Å². The highest BCUT2D eigenvalue weighted by atomic mass is 16.6. The second kappa shape index (κ2) is 26.5. The summed E-state index contributed by atoms with van der Waals surface area (Å²) in [7, 11) is 4.54. The fraction of sp³-hybridized carbons (Fsp3) is 0.750. The van der Waals surface area contributed by atoms with E-state index in [1.54, 1.807) is 21.1 Å². The number of Topliss-reactive ketones (excluding diaryl/α,β-unsaturated/α-hetero) is 3. The van der Waals surface area contributed by atoms with E-state index in [0.717, 1.165) is 18.4 Å². The van der Waals surface area contributed by atoms with Gasteiger partial charge >= 0.3 is 5.97 Å². The number of piperidine rings is 1. The Kier molecular flexibility index (Phi) is 22.3. The summed E-state index contributed by atoms with van der Waals surface area (Å²) in [6.07, 6.45) is 15.2. The van der Waals surface area contributed by atoms with Gasteiger partial charge in [-0.25, -0.2) is 4.79 Å². The van der Waals surface area contributed by atoms with Gasteiger partial charge < -0.3 is 49.6 Å². The van der Waals surface area contributed by atoms with Crippen molar-refractivity contribution in [3.8, 4) is 0 Å². The molecule has 1 saturated carbocycles. The zero-order valence-electron chi connectivity index (χ0n) is 41.5. The third-order valence-electron chi connectivity index (χ3n) is 15.1. The molecule has 4 aliphatic rings. The van der Waals surface area contributed by atoms with Gasteiger partial charge in [-0.05, 0) is 102 Å². The number of hydrogen-bond acceptors (Lipinski definition) is 14. The topological polar surface area (TPSA) is 221 Å². The molecule has 4 fully saturated rings. The molecule has 15 nitrogen and oxygen atoms in total. The number of nitrogens with zero attached hydrogens (tertiary/aromatic N) is 1. The van der Waals surface area contributed by atoms with E-state index in [9.17, 15) is 39.3 Å². The number of ketones is 3. The van der Waals surface area contributed by atoms with Crippen LogP contribution in [-0.2, 0) is 47.7 Å². The Bertz CT molecular complexity index is 1780. The Labute approximate surface area is 398 Å². The molecule has 1 aliphatic carbocycles. The van der Waals surface area contributed by atoms with Gasteiger partial charge in [0.25, 0.3) is 11.7 Å². The van der Waals surface area contributed by atoms with E-state index in [0.29, 0.717) is 64.4 Å².